The highest BCUT2D eigenvalue weighted by Gasteiger charge is 2.09. The lowest BCUT2D eigenvalue weighted by atomic mass is 10.0. The molecule has 2 nitrogen and oxygen atoms in total. The van der Waals surface area contributed by atoms with Crippen molar-refractivity contribution in [1.29, 1.82) is 0 Å². The lowest BCUT2D eigenvalue weighted by Crippen LogP contribution is -2.14. The van der Waals surface area contributed by atoms with E-state index in [1.807, 2.05) is 18.2 Å². The number of hydrogen-bond acceptors (Lipinski definition) is 2. The van der Waals surface area contributed by atoms with Gasteiger partial charge in [0.25, 0.3) is 0 Å². The quantitative estimate of drug-likeness (QED) is 0.571. The lowest BCUT2D eigenvalue weighted by molar-refractivity contribution is 0.0391. The lowest BCUT2D eigenvalue weighted by Gasteiger charge is -2.17. The van der Waals surface area contributed by atoms with Gasteiger partial charge in [-0.15, -0.1) is 0 Å². The van der Waals surface area contributed by atoms with Gasteiger partial charge in [0.05, 0.1) is 6.10 Å². The number of aromatic hydroxyl groups is 1. The molecule has 1 unspecified atom stereocenters. The van der Waals surface area contributed by atoms with Crippen molar-refractivity contribution in [2.45, 2.75) is 71.3 Å². The minimum atomic E-state index is 0.396. The van der Waals surface area contributed by atoms with E-state index in [-0.39, 0.29) is 0 Å². The highest BCUT2D eigenvalue weighted by Crippen LogP contribution is 2.20. The fraction of sp³-hybridized carbons (Fsp3) is 0.667. The first kappa shape index (κ1) is 17.0. The molecule has 0 saturated carbocycles. The number of aryl methyl sites for hydroxylation is 1. The monoisotopic (exact) mass is 278 g/mol. The molecule has 0 radical (unpaired) electrons. The van der Waals surface area contributed by atoms with E-state index in [9.17, 15) is 5.11 Å². The van der Waals surface area contributed by atoms with Crippen molar-refractivity contribution in [2.24, 2.45) is 0 Å². The number of benzene rings is 1. The van der Waals surface area contributed by atoms with Crippen LogP contribution in [0.3, 0.4) is 0 Å². The van der Waals surface area contributed by atoms with Crippen molar-refractivity contribution in [2.75, 3.05) is 6.61 Å². The number of phenols is 1. The summed E-state index contributed by atoms with van der Waals surface area (Å²) in [6.07, 6.45) is 9.60. The van der Waals surface area contributed by atoms with Crippen LogP contribution in [0.5, 0.6) is 5.75 Å². The Hall–Kier alpha value is -1.02. The molecule has 0 fully saturated rings. The third kappa shape index (κ3) is 6.95. The van der Waals surface area contributed by atoms with Crippen molar-refractivity contribution in [3.8, 4) is 5.75 Å². The molecule has 0 spiro atoms. The van der Waals surface area contributed by atoms with E-state index < -0.39 is 0 Å². The first-order chi connectivity index (χ1) is 9.77. The normalized spacial score (nSPS) is 12.5. The first-order valence-electron chi connectivity index (χ1n) is 8.16. The number of phenolic OH excluding ortho intramolecular Hbond substituents is 1. The molecule has 1 aromatic rings. The second kappa shape index (κ2) is 10.7. The standard InChI is InChI=1S/C18H30O2/c1-3-5-6-12-17(20-15-4-2)13-9-11-16-10-7-8-14-18(16)19/h7-8,10,14,17,19H,3-6,9,11-13,15H2,1-2H3. The summed E-state index contributed by atoms with van der Waals surface area (Å²) in [6, 6.07) is 7.63. The van der Waals surface area contributed by atoms with Gasteiger partial charge >= 0.3 is 0 Å². The van der Waals surface area contributed by atoms with E-state index in [0.29, 0.717) is 11.9 Å². The van der Waals surface area contributed by atoms with E-state index in [1.165, 1.54) is 25.7 Å². The van der Waals surface area contributed by atoms with Crippen LogP contribution in [0.4, 0.5) is 0 Å². The van der Waals surface area contributed by atoms with Crippen molar-refractivity contribution >= 4 is 0 Å². The Morgan fingerprint density at radius 1 is 1.00 bits per heavy atom. The van der Waals surface area contributed by atoms with E-state index in [2.05, 4.69) is 13.8 Å². The van der Waals surface area contributed by atoms with Crippen LogP contribution in [0, 0.1) is 0 Å². The molecule has 0 bridgehead atoms. The maximum atomic E-state index is 9.76. The second-order valence-electron chi connectivity index (χ2n) is 5.51. The molecule has 0 saturated heterocycles. The van der Waals surface area contributed by atoms with Crippen LogP contribution in [0.1, 0.15) is 64.4 Å². The van der Waals surface area contributed by atoms with Gasteiger partial charge in [0.2, 0.25) is 0 Å². The molecule has 114 valence electrons. The van der Waals surface area contributed by atoms with Gasteiger partial charge in [0, 0.05) is 6.61 Å². The van der Waals surface area contributed by atoms with Gasteiger partial charge in [-0.25, -0.2) is 0 Å². The van der Waals surface area contributed by atoms with Crippen LogP contribution in [-0.2, 0) is 11.2 Å². The maximum absolute atomic E-state index is 9.76. The average molecular weight is 278 g/mol. The molecule has 0 heterocycles. The molecule has 0 aromatic heterocycles. The maximum Gasteiger partial charge on any atom is 0.118 e. The zero-order valence-corrected chi connectivity index (χ0v) is 13.1. The van der Waals surface area contributed by atoms with E-state index in [4.69, 9.17) is 4.74 Å². The zero-order chi connectivity index (χ0) is 14.6. The van der Waals surface area contributed by atoms with Gasteiger partial charge in [-0.2, -0.15) is 0 Å². The summed E-state index contributed by atoms with van der Waals surface area (Å²) >= 11 is 0. The van der Waals surface area contributed by atoms with Gasteiger partial charge in [-0.3, -0.25) is 0 Å². The van der Waals surface area contributed by atoms with Gasteiger partial charge in [-0.1, -0.05) is 51.3 Å². The third-order valence-electron chi connectivity index (χ3n) is 3.65. The molecule has 1 rings (SSSR count). The van der Waals surface area contributed by atoms with Crippen molar-refractivity contribution < 1.29 is 9.84 Å². The summed E-state index contributed by atoms with van der Waals surface area (Å²) < 4.78 is 5.94. The molecule has 0 aliphatic heterocycles. The summed E-state index contributed by atoms with van der Waals surface area (Å²) in [4.78, 5) is 0. The highest BCUT2D eigenvalue weighted by atomic mass is 16.5. The van der Waals surface area contributed by atoms with Crippen LogP contribution >= 0.6 is 0 Å². The highest BCUT2D eigenvalue weighted by molar-refractivity contribution is 5.31. The van der Waals surface area contributed by atoms with Crippen LogP contribution < -0.4 is 0 Å². The molecule has 0 amide bonds. The molecule has 0 aliphatic carbocycles. The Balaban J connectivity index is 2.31. The molecule has 1 N–H and O–H groups in total. The Morgan fingerprint density at radius 2 is 1.75 bits per heavy atom. The summed E-state index contributed by atoms with van der Waals surface area (Å²) in [5.41, 5.74) is 1.05. The van der Waals surface area contributed by atoms with Crippen LogP contribution in [0.25, 0.3) is 0 Å². The topological polar surface area (TPSA) is 29.5 Å². The van der Waals surface area contributed by atoms with Gasteiger partial charge in [0.1, 0.15) is 5.75 Å². The molecule has 20 heavy (non-hydrogen) atoms. The summed E-state index contributed by atoms with van der Waals surface area (Å²) in [5, 5.41) is 9.76. The molecule has 1 aromatic carbocycles. The van der Waals surface area contributed by atoms with Gasteiger partial charge in [0.15, 0.2) is 0 Å². The molecule has 1 atom stereocenters. The van der Waals surface area contributed by atoms with Crippen molar-refractivity contribution in [3.63, 3.8) is 0 Å². The summed E-state index contributed by atoms with van der Waals surface area (Å²) in [7, 11) is 0. The number of ether oxygens (including phenoxy) is 1. The predicted molar refractivity (Wildman–Crippen MR) is 85.2 cm³/mol. The fourth-order valence-corrected chi connectivity index (χ4v) is 2.46. The van der Waals surface area contributed by atoms with Gasteiger partial charge in [-0.05, 0) is 43.7 Å². The zero-order valence-electron chi connectivity index (χ0n) is 13.1. The smallest absolute Gasteiger partial charge is 0.118 e. The van der Waals surface area contributed by atoms with Gasteiger partial charge < -0.3 is 9.84 Å². The Morgan fingerprint density at radius 3 is 2.45 bits per heavy atom. The Labute approximate surface area is 124 Å². The molecular weight excluding hydrogens is 248 g/mol. The van der Waals surface area contributed by atoms with E-state index in [0.717, 1.165) is 37.9 Å². The molecule has 0 aliphatic rings. The number of para-hydroxylation sites is 1. The van der Waals surface area contributed by atoms with Crippen molar-refractivity contribution in [3.05, 3.63) is 29.8 Å². The fourth-order valence-electron chi connectivity index (χ4n) is 2.46. The second-order valence-corrected chi connectivity index (χ2v) is 5.51. The minimum absolute atomic E-state index is 0.396. The van der Waals surface area contributed by atoms with Crippen LogP contribution in [-0.4, -0.2) is 17.8 Å². The average Bonchev–Trinajstić information content (AvgIpc) is 2.46. The van der Waals surface area contributed by atoms with Crippen LogP contribution in [0.15, 0.2) is 24.3 Å². The summed E-state index contributed by atoms with van der Waals surface area (Å²) in [6.45, 7) is 5.26. The van der Waals surface area contributed by atoms with Crippen LogP contribution in [0.2, 0.25) is 0 Å². The number of hydrogen-bond donors (Lipinski definition) is 1. The largest absolute Gasteiger partial charge is 0.508 e. The SMILES string of the molecule is CCCCCC(CCCc1ccccc1O)OCCC. The number of rotatable bonds is 11. The summed E-state index contributed by atoms with van der Waals surface area (Å²) in [5.74, 6) is 0.421. The first-order valence-corrected chi connectivity index (χ1v) is 8.16. The number of unbranched alkanes of at least 4 members (excludes halogenated alkanes) is 2. The minimum Gasteiger partial charge on any atom is -0.508 e. The molecule has 2 heteroatoms. The van der Waals surface area contributed by atoms with E-state index in [1.54, 1.807) is 6.07 Å². The molecular formula is C18H30O2. The Bertz CT molecular complexity index is 349. The van der Waals surface area contributed by atoms with Crippen molar-refractivity contribution in [1.82, 2.24) is 0 Å². The Kier molecular flexibility index (Phi) is 9.14. The predicted octanol–water partition coefficient (Wildman–Crippen LogP) is 5.09. The van der Waals surface area contributed by atoms with E-state index >= 15 is 0 Å². The third-order valence-corrected chi connectivity index (χ3v) is 3.65.